The predicted octanol–water partition coefficient (Wildman–Crippen LogP) is 0.842. The van der Waals surface area contributed by atoms with E-state index in [0.717, 1.165) is 5.56 Å². The number of aliphatic hydroxyl groups is 1. The molecule has 0 aromatic heterocycles. The van der Waals surface area contributed by atoms with Crippen LogP contribution in [0.15, 0.2) is 24.3 Å². The first-order chi connectivity index (χ1) is 6.26. The number of rotatable bonds is 3. The Bertz CT molecular complexity index is 305. The van der Waals surface area contributed by atoms with Crippen LogP contribution in [0.2, 0.25) is 0 Å². The molecule has 1 rings (SSSR count). The van der Waals surface area contributed by atoms with Crippen LogP contribution in [0.5, 0.6) is 0 Å². The molecule has 0 saturated carbocycles. The Morgan fingerprint density at radius 3 is 2.36 bits per heavy atom. The molecule has 14 heavy (non-hydrogen) atoms. The van der Waals surface area contributed by atoms with Gasteiger partial charge in [-0.05, 0) is 24.1 Å². The number of hydrogen-bond acceptors (Lipinski definition) is 3. The number of nitrogens with zero attached hydrogens (tertiary/aromatic N) is 1. The zero-order chi connectivity index (χ0) is 9.68. The molecule has 0 spiro atoms. The van der Waals surface area contributed by atoms with E-state index in [-0.39, 0.29) is 25.1 Å². The van der Waals surface area contributed by atoms with E-state index < -0.39 is 0 Å². The van der Waals surface area contributed by atoms with Gasteiger partial charge in [-0.1, -0.05) is 12.1 Å². The highest BCUT2D eigenvalue weighted by atomic mass is 35.5. The van der Waals surface area contributed by atoms with Gasteiger partial charge in [0.15, 0.2) is 0 Å². The van der Waals surface area contributed by atoms with Crippen molar-refractivity contribution >= 4 is 12.4 Å². The molecule has 1 aromatic rings. The van der Waals surface area contributed by atoms with Crippen LogP contribution in [0, 0.1) is 11.3 Å². The van der Waals surface area contributed by atoms with E-state index >= 15 is 0 Å². The quantitative estimate of drug-likeness (QED) is 0.780. The maximum atomic E-state index is 8.72. The van der Waals surface area contributed by atoms with Crippen molar-refractivity contribution in [1.82, 2.24) is 0 Å². The largest absolute Gasteiger partial charge is 0.395 e. The molecule has 0 saturated heterocycles. The third-order valence-electron chi connectivity index (χ3n) is 1.82. The van der Waals surface area contributed by atoms with Gasteiger partial charge in [-0.2, -0.15) is 5.26 Å². The van der Waals surface area contributed by atoms with Crippen molar-refractivity contribution in [1.29, 1.82) is 5.26 Å². The summed E-state index contributed by atoms with van der Waals surface area (Å²) in [4.78, 5) is 0. The predicted molar refractivity (Wildman–Crippen MR) is 57.2 cm³/mol. The first-order valence-corrected chi connectivity index (χ1v) is 4.11. The van der Waals surface area contributed by atoms with Crippen molar-refractivity contribution in [2.45, 2.75) is 12.5 Å². The highest BCUT2D eigenvalue weighted by Crippen LogP contribution is 2.05. The molecule has 1 aromatic carbocycles. The third kappa shape index (κ3) is 3.75. The van der Waals surface area contributed by atoms with Gasteiger partial charge in [0.05, 0.1) is 18.2 Å². The van der Waals surface area contributed by atoms with E-state index in [4.69, 9.17) is 16.1 Å². The van der Waals surface area contributed by atoms with Gasteiger partial charge in [-0.15, -0.1) is 12.4 Å². The maximum absolute atomic E-state index is 8.72. The molecule has 0 fully saturated rings. The molecule has 0 aliphatic heterocycles. The minimum Gasteiger partial charge on any atom is -0.395 e. The van der Waals surface area contributed by atoms with Crippen molar-refractivity contribution < 1.29 is 5.11 Å². The number of nitriles is 1. The molecule has 0 bridgehead atoms. The Balaban J connectivity index is 0.00000169. The summed E-state index contributed by atoms with van der Waals surface area (Å²) in [6.45, 7) is -0.0139. The SMILES string of the molecule is Cl.N#Cc1ccc(C[C@@H](N)CO)cc1. The van der Waals surface area contributed by atoms with E-state index in [9.17, 15) is 0 Å². The molecular formula is C10H13ClN2O. The van der Waals surface area contributed by atoms with E-state index in [1.54, 1.807) is 12.1 Å². The fraction of sp³-hybridized carbons (Fsp3) is 0.300. The standard InChI is InChI=1S/C10H12N2O.ClH/c11-6-9-3-1-8(2-4-9)5-10(12)7-13;/h1-4,10,13H,5,7,12H2;1H/t10-;/m1./s1. The van der Waals surface area contributed by atoms with Crippen molar-refractivity contribution in [3.63, 3.8) is 0 Å². The van der Waals surface area contributed by atoms with Crippen LogP contribution in [-0.4, -0.2) is 17.8 Å². The summed E-state index contributed by atoms with van der Waals surface area (Å²) in [6, 6.07) is 9.04. The van der Waals surface area contributed by atoms with Crippen LogP contribution < -0.4 is 5.73 Å². The zero-order valence-corrected chi connectivity index (χ0v) is 8.50. The maximum Gasteiger partial charge on any atom is 0.0991 e. The summed E-state index contributed by atoms with van der Waals surface area (Å²) < 4.78 is 0. The Morgan fingerprint density at radius 2 is 1.93 bits per heavy atom. The summed E-state index contributed by atoms with van der Waals surface area (Å²) in [5, 5.41) is 17.3. The lowest BCUT2D eigenvalue weighted by molar-refractivity contribution is 0.265. The first-order valence-electron chi connectivity index (χ1n) is 4.11. The average Bonchev–Trinajstić information content (AvgIpc) is 2.19. The van der Waals surface area contributed by atoms with Crippen molar-refractivity contribution in [3.8, 4) is 6.07 Å². The molecule has 0 unspecified atom stereocenters. The molecule has 4 heteroatoms. The lowest BCUT2D eigenvalue weighted by Crippen LogP contribution is -2.26. The Morgan fingerprint density at radius 1 is 1.36 bits per heavy atom. The Hall–Kier alpha value is -1.08. The van der Waals surface area contributed by atoms with Crippen LogP contribution in [0.4, 0.5) is 0 Å². The number of benzene rings is 1. The van der Waals surface area contributed by atoms with Gasteiger partial charge in [0.2, 0.25) is 0 Å². The molecule has 0 heterocycles. The van der Waals surface area contributed by atoms with Crippen molar-refractivity contribution in [2.75, 3.05) is 6.61 Å². The number of nitrogens with two attached hydrogens (primary N) is 1. The van der Waals surface area contributed by atoms with Crippen LogP contribution in [-0.2, 0) is 6.42 Å². The van der Waals surface area contributed by atoms with Gasteiger partial charge < -0.3 is 10.8 Å². The Kier molecular flexibility index (Phi) is 5.89. The topological polar surface area (TPSA) is 70.0 Å². The molecular weight excluding hydrogens is 200 g/mol. The molecule has 0 aliphatic carbocycles. The lowest BCUT2D eigenvalue weighted by atomic mass is 10.1. The van der Waals surface area contributed by atoms with Gasteiger partial charge in [0.25, 0.3) is 0 Å². The highest BCUT2D eigenvalue weighted by molar-refractivity contribution is 5.85. The van der Waals surface area contributed by atoms with Gasteiger partial charge in [-0.25, -0.2) is 0 Å². The summed E-state index contributed by atoms with van der Waals surface area (Å²) in [5.41, 5.74) is 7.24. The van der Waals surface area contributed by atoms with E-state index in [1.165, 1.54) is 0 Å². The lowest BCUT2D eigenvalue weighted by Gasteiger charge is -2.07. The Labute approximate surface area is 89.6 Å². The summed E-state index contributed by atoms with van der Waals surface area (Å²) in [6.07, 6.45) is 0.641. The summed E-state index contributed by atoms with van der Waals surface area (Å²) in [5.74, 6) is 0. The van der Waals surface area contributed by atoms with Gasteiger partial charge in [-0.3, -0.25) is 0 Å². The molecule has 1 atom stereocenters. The average molecular weight is 213 g/mol. The van der Waals surface area contributed by atoms with Crippen LogP contribution in [0.1, 0.15) is 11.1 Å². The van der Waals surface area contributed by atoms with Crippen LogP contribution >= 0.6 is 12.4 Å². The van der Waals surface area contributed by atoms with Crippen LogP contribution in [0.25, 0.3) is 0 Å². The molecule has 3 nitrogen and oxygen atoms in total. The number of hydrogen-bond donors (Lipinski definition) is 2. The molecule has 0 amide bonds. The first kappa shape index (κ1) is 12.9. The zero-order valence-electron chi connectivity index (χ0n) is 7.68. The molecule has 76 valence electrons. The van der Waals surface area contributed by atoms with Gasteiger partial charge in [0.1, 0.15) is 0 Å². The van der Waals surface area contributed by atoms with Crippen molar-refractivity contribution in [2.24, 2.45) is 5.73 Å². The summed E-state index contributed by atoms with van der Waals surface area (Å²) in [7, 11) is 0. The number of halogens is 1. The third-order valence-corrected chi connectivity index (χ3v) is 1.82. The van der Waals surface area contributed by atoms with E-state index in [1.807, 2.05) is 18.2 Å². The molecule has 0 radical (unpaired) electrons. The van der Waals surface area contributed by atoms with Crippen LogP contribution in [0.3, 0.4) is 0 Å². The van der Waals surface area contributed by atoms with Gasteiger partial charge in [0, 0.05) is 6.04 Å². The van der Waals surface area contributed by atoms with Crippen molar-refractivity contribution in [3.05, 3.63) is 35.4 Å². The fourth-order valence-electron chi connectivity index (χ4n) is 1.08. The normalized spacial score (nSPS) is 11.2. The molecule has 3 N–H and O–H groups in total. The second-order valence-electron chi connectivity index (χ2n) is 2.96. The highest BCUT2D eigenvalue weighted by Gasteiger charge is 2.01. The monoisotopic (exact) mass is 212 g/mol. The van der Waals surface area contributed by atoms with E-state index in [2.05, 4.69) is 0 Å². The van der Waals surface area contributed by atoms with Gasteiger partial charge >= 0.3 is 0 Å². The second-order valence-corrected chi connectivity index (χ2v) is 2.96. The minimum atomic E-state index is -0.215. The number of aliphatic hydroxyl groups excluding tert-OH is 1. The second kappa shape index (κ2) is 6.39. The summed E-state index contributed by atoms with van der Waals surface area (Å²) >= 11 is 0. The minimum absolute atomic E-state index is 0. The smallest absolute Gasteiger partial charge is 0.0991 e. The molecule has 0 aliphatic rings. The fourth-order valence-corrected chi connectivity index (χ4v) is 1.08. The van der Waals surface area contributed by atoms with E-state index in [0.29, 0.717) is 12.0 Å².